The first-order chi connectivity index (χ1) is 17.5. The summed E-state index contributed by atoms with van der Waals surface area (Å²) in [5.41, 5.74) is 1.32. The number of likely N-dealkylation sites (tertiary alicyclic amines) is 1. The molecule has 2 aliphatic rings. The maximum Gasteiger partial charge on any atom is 0.260 e. The summed E-state index contributed by atoms with van der Waals surface area (Å²) in [5, 5.41) is 5.88. The van der Waals surface area contributed by atoms with Gasteiger partial charge in [-0.1, -0.05) is 30.3 Å². The number of nitrogens with one attached hydrogen (secondary N) is 2. The smallest absolute Gasteiger partial charge is 0.260 e. The minimum absolute atomic E-state index is 0.0515. The van der Waals surface area contributed by atoms with Gasteiger partial charge in [0.1, 0.15) is 6.04 Å². The molecule has 2 aromatic rings. The van der Waals surface area contributed by atoms with Crippen LogP contribution in [0.25, 0.3) is 0 Å². The average molecular weight is 494 g/mol. The molecule has 1 aliphatic carbocycles. The Morgan fingerprint density at radius 1 is 0.972 bits per heavy atom. The van der Waals surface area contributed by atoms with Gasteiger partial charge in [0.05, 0.1) is 6.61 Å². The van der Waals surface area contributed by atoms with Crippen molar-refractivity contribution in [3.8, 4) is 11.5 Å². The van der Waals surface area contributed by atoms with Crippen LogP contribution in [0.2, 0.25) is 0 Å². The summed E-state index contributed by atoms with van der Waals surface area (Å²) in [5.74, 6) is 0.184. The van der Waals surface area contributed by atoms with Crippen molar-refractivity contribution in [1.82, 2.24) is 15.5 Å². The van der Waals surface area contributed by atoms with Crippen LogP contribution in [0, 0.1) is 0 Å². The van der Waals surface area contributed by atoms with Crippen molar-refractivity contribution >= 4 is 17.7 Å². The third-order valence-corrected chi connectivity index (χ3v) is 6.39. The quantitative estimate of drug-likeness (QED) is 0.502. The molecule has 1 saturated carbocycles. The van der Waals surface area contributed by atoms with Gasteiger partial charge in [-0.05, 0) is 62.8 Å². The van der Waals surface area contributed by atoms with Crippen molar-refractivity contribution in [2.75, 3.05) is 26.3 Å². The highest BCUT2D eigenvalue weighted by Crippen LogP contribution is 2.29. The molecule has 2 fully saturated rings. The third kappa shape index (κ3) is 7.23. The van der Waals surface area contributed by atoms with E-state index in [2.05, 4.69) is 10.6 Å². The molecule has 192 valence electrons. The molecule has 3 amide bonds. The van der Waals surface area contributed by atoms with Crippen molar-refractivity contribution in [3.63, 3.8) is 0 Å². The van der Waals surface area contributed by atoms with Crippen LogP contribution in [0.1, 0.15) is 54.9 Å². The average Bonchev–Trinajstić information content (AvgIpc) is 3.72. The first kappa shape index (κ1) is 25.5. The number of ether oxygens (including phenoxy) is 2. The van der Waals surface area contributed by atoms with Gasteiger partial charge in [-0.25, -0.2) is 0 Å². The molecule has 1 atom stereocenters. The number of hydrogen-bond acceptors (Lipinski definition) is 5. The molecule has 0 bridgehead atoms. The summed E-state index contributed by atoms with van der Waals surface area (Å²) in [6.45, 7) is 3.66. The van der Waals surface area contributed by atoms with Gasteiger partial charge in [0.25, 0.3) is 11.8 Å². The van der Waals surface area contributed by atoms with E-state index in [-0.39, 0.29) is 30.4 Å². The van der Waals surface area contributed by atoms with Gasteiger partial charge < -0.3 is 25.0 Å². The van der Waals surface area contributed by atoms with E-state index < -0.39 is 6.04 Å². The largest absolute Gasteiger partial charge is 0.490 e. The van der Waals surface area contributed by atoms with E-state index in [1.165, 1.54) is 0 Å². The Bertz CT molecular complexity index is 1050. The SMILES string of the molecule is CCOc1cc(C(=O)NC(Cc2ccccc2)C(=O)NC2CC2)ccc1OCC(=O)N1CCCCC1. The lowest BCUT2D eigenvalue weighted by molar-refractivity contribution is -0.134. The Labute approximate surface area is 212 Å². The van der Waals surface area contributed by atoms with Crippen molar-refractivity contribution in [2.45, 2.75) is 57.5 Å². The molecule has 4 rings (SSSR count). The van der Waals surface area contributed by atoms with Crippen LogP contribution in [0.5, 0.6) is 11.5 Å². The minimum Gasteiger partial charge on any atom is -0.490 e. The number of carbonyl (C=O) groups is 3. The van der Waals surface area contributed by atoms with Crippen molar-refractivity contribution in [2.24, 2.45) is 0 Å². The lowest BCUT2D eigenvalue weighted by Gasteiger charge is -2.26. The first-order valence-electron chi connectivity index (χ1n) is 12.9. The number of hydrogen-bond donors (Lipinski definition) is 2. The highest BCUT2D eigenvalue weighted by Gasteiger charge is 2.29. The number of nitrogens with zero attached hydrogens (tertiary/aromatic N) is 1. The van der Waals surface area contributed by atoms with Gasteiger partial charge in [-0.2, -0.15) is 0 Å². The predicted molar refractivity (Wildman–Crippen MR) is 136 cm³/mol. The van der Waals surface area contributed by atoms with Crippen molar-refractivity contribution < 1.29 is 23.9 Å². The number of piperidine rings is 1. The van der Waals surface area contributed by atoms with E-state index in [1.54, 1.807) is 18.2 Å². The molecule has 1 unspecified atom stereocenters. The molecule has 0 spiro atoms. The van der Waals surface area contributed by atoms with E-state index in [4.69, 9.17) is 9.47 Å². The highest BCUT2D eigenvalue weighted by molar-refractivity contribution is 5.98. The van der Waals surface area contributed by atoms with Crippen LogP contribution >= 0.6 is 0 Å². The summed E-state index contributed by atoms with van der Waals surface area (Å²) >= 11 is 0. The van der Waals surface area contributed by atoms with E-state index >= 15 is 0 Å². The molecule has 0 aromatic heterocycles. The maximum atomic E-state index is 13.1. The molecular formula is C28H35N3O5. The zero-order valence-corrected chi connectivity index (χ0v) is 20.8. The van der Waals surface area contributed by atoms with E-state index in [0.717, 1.165) is 50.8 Å². The fourth-order valence-electron chi connectivity index (χ4n) is 4.24. The second kappa shape index (κ2) is 12.4. The van der Waals surface area contributed by atoms with E-state index in [0.29, 0.717) is 30.1 Å². The summed E-state index contributed by atoms with van der Waals surface area (Å²) in [7, 11) is 0. The van der Waals surface area contributed by atoms with Crippen LogP contribution in [0.3, 0.4) is 0 Å². The van der Waals surface area contributed by atoms with Gasteiger partial charge >= 0.3 is 0 Å². The van der Waals surface area contributed by atoms with Crippen molar-refractivity contribution in [3.05, 3.63) is 59.7 Å². The second-order valence-electron chi connectivity index (χ2n) is 9.32. The van der Waals surface area contributed by atoms with Gasteiger partial charge in [0, 0.05) is 31.1 Å². The Kier molecular flexibility index (Phi) is 8.81. The zero-order chi connectivity index (χ0) is 25.3. The fourth-order valence-corrected chi connectivity index (χ4v) is 4.24. The van der Waals surface area contributed by atoms with Crippen LogP contribution in [-0.4, -0.2) is 61.0 Å². The highest BCUT2D eigenvalue weighted by atomic mass is 16.5. The Hall–Kier alpha value is -3.55. The topological polar surface area (TPSA) is 97.0 Å². The summed E-state index contributed by atoms with van der Waals surface area (Å²) in [4.78, 5) is 40.3. The van der Waals surface area contributed by atoms with Gasteiger partial charge in [0.2, 0.25) is 5.91 Å². The molecule has 2 N–H and O–H groups in total. The second-order valence-corrected chi connectivity index (χ2v) is 9.32. The Morgan fingerprint density at radius 3 is 2.42 bits per heavy atom. The van der Waals surface area contributed by atoms with Crippen molar-refractivity contribution in [1.29, 1.82) is 0 Å². The molecule has 1 saturated heterocycles. The molecule has 8 nitrogen and oxygen atoms in total. The van der Waals surface area contributed by atoms with Gasteiger partial charge in [-0.3, -0.25) is 14.4 Å². The lowest BCUT2D eigenvalue weighted by Crippen LogP contribution is -2.48. The van der Waals surface area contributed by atoms with Gasteiger partial charge in [0.15, 0.2) is 18.1 Å². The van der Waals surface area contributed by atoms with Crippen LogP contribution in [0.15, 0.2) is 48.5 Å². The van der Waals surface area contributed by atoms with Crippen LogP contribution in [-0.2, 0) is 16.0 Å². The third-order valence-electron chi connectivity index (χ3n) is 6.39. The zero-order valence-electron chi connectivity index (χ0n) is 20.8. The molecule has 2 aromatic carbocycles. The standard InChI is InChI=1S/C28H35N3O5/c1-2-35-25-18-21(11-14-24(25)36-19-26(32)31-15-7-4-8-16-31)27(33)30-23(28(34)29-22-12-13-22)17-20-9-5-3-6-10-20/h3,5-6,9-11,14,18,22-23H,2,4,7-8,12-13,15-17,19H2,1H3,(H,29,34)(H,30,33). The van der Waals surface area contributed by atoms with E-state index in [9.17, 15) is 14.4 Å². The summed E-state index contributed by atoms with van der Waals surface area (Å²) in [6, 6.07) is 14.0. The van der Waals surface area contributed by atoms with Crippen LogP contribution < -0.4 is 20.1 Å². The minimum atomic E-state index is -0.700. The molecule has 0 radical (unpaired) electrons. The number of benzene rings is 2. The fraction of sp³-hybridized carbons (Fsp3) is 0.464. The molecule has 1 heterocycles. The maximum absolute atomic E-state index is 13.1. The Morgan fingerprint density at radius 2 is 1.72 bits per heavy atom. The molecule has 1 aliphatic heterocycles. The predicted octanol–water partition coefficient (Wildman–Crippen LogP) is 3.10. The van der Waals surface area contributed by atoms with Crippen LogP contribution in [0.4, 0.5) is 0 Å². The lowest BCUT2D eigenvalue weighted by atomic mass is 10.0. The molecular weight excluding hydrogens is 458 g/mol. The normalized spacial score (nSPS) is 16.1. The number of rotatable bonds is 11. The summed E-state index contributed by atoms with van der Waals surface area (Å²) in [6.07, 6.45) is 5.52. The molecule has 36 heavy (non-hydrogen) atoms. The summed E-state index contributed by atoms with van der Waals surface area (Å²) < 4.78 is 11.5. The van der Waals surface area contributed by atoms with E-state index in [1.807, 2.05) is 42.2 Å². The number of carbonyl (C=O) groups excluding carboxylic acids is 3. The van der Waals surface area contributed by atoms with Gasteiger partial charge in [-0.15, -0.1) is 0 Å². The molecule has 8 heteroatoms. The number of amides is 3. The monoisotopic (exact) mass is 493 g/mol. The first-order valence-corrected chi connectivity index (χ1v) is 12.9. The Balaban J connectivity index is 1.43.